The number of nitrogen functional groups attached to an aromatic ring is 1. The Morgan fingerprint density at radius 3 is 2.64 bits per heavy atom. The number of hydrogen-bond acceptors (Lipinski definition) is 9. The predicted molar refractivity (Wildman–Crippen MR) is 104 cm³/mol. The molecule has 9 nitrogen and oxygen atoms in total. The SMILES string of the molecule is Nc1nc(COC(=O)c2ccc(NC3CC3)nc2)nc(Nc2ccccc2)n1. The lowest BCUT2D eigenvalue weighted by Crippen LogP contribution is -2.11. The van der Waals surface area contributed by atoms with E-state index in [1.54, 1.807) is 12.1 Å². The highest BCUT2D eigenvalue weighted by Crippen LogP contribution is 2.23. The number of carbonyl (C=O) groups excluding carboxylic acids is 1. The van der Waals surface area contributed by atoms with Crippen molar-refractivity contribution in [2.24, 2.45) is 0 Å². The zero-order valence-corrected chi connectivity index (χ0v) is 15.0. The molecule has 9 heteroatoms. The number of carbonyl (C=O) groups is 1. The van der Waals surface area contributed by atoms with Gasteiger partial charge in [-0.2, -0.15) is 15.0 Å². The maximum atomic E-state index is 12.2. The van der Waals surface area contributed by atoms with E-state index in [-0.39, 0.29) is 24.3 Å². The molecule has 142 valence electrons. The van der Waals surface area contributed by atoms with Crippen LogP contribution in [0, 0.1) is 0 Å². The van der Waals surface area contributed by atoms with Crippen LogP contribution in [0.15, 0.2) is 48.7 Å². The van der Waals surface area contributed by atoms with E-state index in [0.29, 0.717) is 11.6 Å². The lowest BCUT2D eigenvalue weighted by atomic mass is 10.3. The molecule has 1 aromatic carbocycles. The van der Waals surface area contributed by atoms with Crippen LogP contribution in [-0.2, 0) is 11.3 Å². The van der Waals surface area contributed by atoms with Gasteiger partial charge in [0.25, 0.3) is 0 Å². The minimum Gasteiger partial charge on any atom is -0.454 e. The minimum atomic E-state index is -0.512. The summed E-state index contributed by atoms with van der Waals surface area (Å²) in [5, 5.41) is 6.29. The monoisotopic (exact) mass is 377 g/mol. The standard InChI is InChI=1S/C19H19N7O2/c20-18-24-16(25-19(26-18)23-13-4-2-1-3-5-13)11-28-17(27)12-6-9-15(21-10-12)22-14-7-8-14/h1-6,9-10,14H,7-8,11H2,(H,21,22)(H3,20,23,24,25,26). The molecule has 0 aliphatic heterocycles. The maximum absolute atomic E-state index is 12.2. The highest BCUT2D eigenvalue weighted by atomic mass is 16.5. The lowest BCUT2D eigenvalue weighted by Gasteiger charge is -2.08. The molecule has 1 saturated carbocycles. The van der Waals surface area contributed by atoms with Crippen molar-refractivity contribution < 1.29 is 9.53 Å². The van der Waals surface area contributed by atoms with Crippen molar-refractivity contribution in [3.05, 3.63) is 60.0 Å². The third kappa shape index (κ3) is 4.70. The second-order valence-electron chi connectivity index (χ2n) is 6.35. The fraction of sp³-hybridized carbons (Fsp3) is 0.211. The summed E-state index contributed by atoms with van der Waals surface area (Å²) in [5.74, 6) is 0.806. The molecule has 0 unspecified atom stereocenters. The molecule has 0 radical (unpaired) electrons. The zero-order valence-electron chi connectivity index (χ0n) is 15.0. The smallest absolute Gasteiger partial charge is 0.340 e. The molecular weight excluding hydrogens is 358 g/mol. The van der Waals surface area contributed by atoms with Crippen LogP contribution in [0.5, 0.6) is 0 Å². The molecular formula is C19H19N7O2. The van der Waals surface area contributed by atoms with Crippen LogP contribution in [-0.4, -0.2) is 31.9 Å². The Bertz CT molecular complexity index is 960. The summed E-state index contributed by atoms with van der Waals surface area (Å²) < 4.78 is 5.27. The molecule has 1 aliphatic rings. The van der Waals surface area contributed by atoms with Crippen molar-refractivity contribution in [3.63, 3.8) is 0 Å². The van der Waals surface area contributed by atoms with Gasteiger partial charge in [0.2, 0.25) is 11.9 Å². The van der Waals surface area contributed by atoms with Crippen LogP contribution in [0.3, 0.4) is 0 Å². The molecule has 2 aromatic heterocycles. The first-order chi connectivity index (χ1) is 13.7. The van der Waals surface area contributed by atoms with Crippen LogP contribution in [0.4, 0.5) is 23.4 Å². The number of para-hydroxylation sites is 1. The van der Waals surface area contributed by atoms with E-state index in [0.717, 1.165) is 24.3 Å². The Morgan fingerprint density at radius 2 is 1.93 bits per heavy atom. The fourth-order valence-electron chi connectivity index (χ4n) is 2.46. The summed E-state index contributed by atoms with van der Waals surface area (Å²) >= 11 is 0. The molecule has 4 rings (SSSR count). The number of anilines is 4. The molecule has 3 aromatic rings. The number of esters is 1. The van der Waals surface area contributed by atoms with Gasteiger partial charge in [0.1, 0.15) is 5.82 Å². The number of nitrogens with zero attached hydrogens (tertiary/aromatic N) is 4. The number of rotatable bonds is 7. The second kappa shape index (κ2) is 7.87. The normalized spacial score (nSPS) is 13.0. The van der Waals surface area contributed by atoms with Gasteiger partial charge in [-0.25, -0.2) is 9.78 Å². The van der Waals surface area contributed by atoms with Gasteiger partial charge in [-0.3, -0.25) is 0 Å². The van der Waals surface area contributed by atoms with E-state index >= 15 is 0 Å². The molecule has 0 saturated heterocycles. The summed E-state index contributed by atoms with van der Waals surface area (Å²) in [6.45, 7) is -0.128. The number of benzene rings is 1. The summed E-state index contributed by atoms with van der Waals surface area (Å²) in [6.07, 6.45) is 3.79. The van der Waals surface area contributed by atoms with Gasteiger partial charge >= 0.3 is 5.97 Å². The van der Waals surface area contributed by atoms with E-state index in [9.17, 15) is 4.79 Å². The van der Waals surface area contributed by atoms with Crippen molar-refractivity contribution in [1.29, 1.82) is 0 Å². The summed E-state index contributed by atoms with van der Waals surface area (Å²) in [5.41, 5.74) is 6.89. The van der Waals surface area contributed by atoms with E-state index in [2.05, 4.69) is 30.6 Å². The van der Waals surface area contributed by atoms with Crippen LogP contribution in [0.1, 0.15) is 29.0 Å². The van der Waals surface area contributed by atoms with Gasteiger partial charge in [-0.15, -0.1) is 0 Å². The van der Waals surface area contributed by atoms with Crippen LogP contribution in [0.25, 0.3) is 0 Å². The highest BCUT2D eigenvalue weighted by molar-refractivity contribution is 5.89. The van der Waals surface area contributed by atoms with Crippen LogP contribution >= 0.6 is 0 Å². The summed E-state index contributed by atoms with van der Waals surface area (Å²) in [7, 11) is 0. The van der Waals surface area contributed by atoms with Crippen molar-refractivity contribution >= 4 is 29.4 Å². The number of pyridine rings is 1. The molecule has 1 aliphatic carbocycles. The predicted octanol–water partition coefficient (Wildman–Crippen LogP) is 2.52. The number of hydrogen-bond donors (Lipinski definition) is 3. The molecule has 0 spiro atoms. The first-order valence-corrected chi connectivity index (χ1v) is 8.88. The second-order valence-corrected chi connectivity index (χ2v) is 6.35. The Balaban J connectivity index is 1.37. The molecule has 0 bridgehead atoms. The van der Waals surface area contributed by atoms with E-state index < -0.39 is 5.97 Å². The fourth-order valence-corrected chi connectivity index (χ4v) is 2.46. The third-order valence-corrected chi connectivity index (χ3v) is 3.99. The molecule has 4 N–H and O–H groups in total. The van der Waals surface area contributed by atoms with E-state index in [1.165, 1.54) is 6.20 Å². The maximum Gasteiger partial charge on any atom is 0.340 e. The molecule has 0 amide bonds. The van der Waals surface area contributed by atoms with Crippen molar-refractivity contribution in [1.82, 2.24) is 19.9 Å². The molecule has 28 heavy (non-hydrogen) atoms. The Morgan fingerprint density at radius 1 is 1.11 bits per heavy atom. The quantitative estimate of drug-likeness (QED) is 0.532. The third-order valence-electron chi connectivity index (χ3n) is 3.99. The Kier molecular flexibility index (Phi) is 4.96. The summed E-state index contributed by atoms with van der Waals surface area (Å²) in [6, 6.07) is 13.3. The van der Waals surface area contributed by atoms with Crippen LogP contribution in [0.2, 0.25) is 0 Å². The number of nitrogens with two attached hydrogens (primary N) is 1. The first-order valence-electron chi connectivity index (χ1n) is 8.88. The first kappa shape index (κ1) is 17.7. The summed E-state index contributed by atoms with van der Waals surface area (Å²) in [4.78, 5) is 28.7. The van der Waals surface area contributed by atoms with Crippen molar-refractivity contribution in [3.8, 4) is 0 Å². The van der Waals surface area contributed by atoms with Gasteiger partial charge in [0, 0.05) is 17.9 Å². The van der Waals surface area contributed by atoms with E-state index in [4.69, 9.17) is 10.5 Å². The van der Waals surface area contributed by atoms with Gasteiger partial charge < -0.3 is 21.1 Å². The van der Waals surface area contributed by atoms with Crippen LogP contribution < -0.4 is 16.4 Å². The molecule has 1 fully saturated rings. The average molecular weight is 377 g/mol. The minimum absolute atomic E-state index is 0.0386. The number of aromatic nitrogens is 4. The Labute approximate surface area is 161 Å². The zero-order chi connectivity index (χ0) is 19.3. The number of nitrogens with one attached hydrogen (secondary N) is 2. The van der Waals surface area contributed by atoms with Gasteiger partial charge in [-0.05, 0) is 37.1 Å². The average Bonchev–Trinajstić information content (AvgIpc) is 3.51. The van der Waals surface area contributed by atoms with Gasteiger partial charge in [0.15, 0.2) is 12.4 Å². The Hall–Kier alpha value is -3.75. The lowest BCUT2D eigenvalue weighted by molar-refractivity contribution is 0.0461. The largest absolute Gasteiger partial charge is 0.454 e. The molecule has 0 atom stereocenters. The van der Waals surface area contributed by atoms with Gasteiger partial charge in [0.05, 0.1) is 5.56 Å². The van der Waals surface area contributed by atoms with E-state index in [1.807, 2.05) is 30.3 Å². The molecule has 2 heterocycles. The van der Waals surface area contributed by atoms with Crippen molar-refractivity contribution in [2.75, 3.05) is 16.4 Å². The van der Waals surface area contributed by atoms with Gasteiger partial charge in [-0.1, -0.05) is 18.2 Å². The number of ether oxygens (including phenoxy) is 1. The highest BCUT2D eigenvalue weighted by Gasteiger charge is 2.21. The van der Waals surface area contributed by atoms with Crippen molar-refractivity contribution in [2.45, 2.75) is 25.5 Å². The topological polar surface area (TPSA) is 128 Å².